The molecule has 2 N–H and O–H groups in total. The molecule has 0 unspecified atom stereocenters. The second-order valence-corrected chi connectivity index (χ2v) is 5.77. The van der Waals surface area contributed by atoms with E-state index in [2.05, 4.69) is 55.5 Å². The van der Waals surface area contributed by atoms with Gasteiger partial charge in [0.15, 0.2) is 5.96 Å². The van der Waals surface area contributed by atoms with Crippen LogP contribution in [0.5, 0.6) is 0 Å². The molecular weight excluding hydrogens is 377 g/mol. The van der Waals surface area contributed by atoms with Crippen LogP contribution in [0.2, 0.25) is 0 Å². The number of methoxy groups -OCH3 is 1. The van der Waals surface area contributed by atoms with Gasteiger partial charge in [0.05, 0.1) is 13.2 Å². The van der Waals surface area contributed by atoms with Crippen LogP contribution in [0.1, 0.15) is 38.8 Å². The minimum Gasteiger partial charge on any atom is -0.380 e. The molecule has 0 saturated carbocycles. The number of nitrogens with zero attached hydrogens (tertiary/aromatic N) is 1. The molecule has 0 heterocycles. The highest BCUT2D eigenvalue weighted by molar-refractivity contribution is 14.0. The highest BCUT2D eigenvalue weighted by atomic mass is 127. The zero-order valence-corrected chi connectivity index (χ0v) is 16.0. The van der Waals surface area contributed by atoms with Crippen molar-refractivity contribution < 1.29 is 4.74 Å². The number of hydrogen-bond acceptors (Lipinski definition) is 2. The number of hydrogen-bond donors (Lipinski definition) is 2. The first-order valence-corrected chi connectivity index (χ1v) is 7.08. The van der Waals surface area contributed by atoms with Crippen molar-refractivity contribution in [2.75, 3.05) is 13.7 Å². The fourth-order valence-electron chi connectivity index (χ4n) is 1.83. The number of rotatable bonds is 5. The second kappa shape index (κ2) is 10.00. The molecule has 5 heteroatoms. The lowest BCUT2D eigenvalue weighted by molar-refractivity contribution is 0.184. The van der Waals surface area contributed by atoms with Gasteiger partial charge in [-0.05, 0) is 38.8 Å². The zero-order chi connectivity index (χ0) is 15.0. The number of nitrogens with one attached hydrogen (secondary N) is 2. The molecule has 0 amide bonds. The van der Waals surface area contributed by atoms with Crippen LogP contribution < -0.4 is 10.6 Å². The molecule has 1 rings (SSSR count). The van der Waals surface area contributed by atoms with Gasteiger partial charge in [0.1, 0.15) is 0 Å². The average Bonchev–Trinajstić information content (AvgIpc) is 2.36. The van der Waals surface area contributed by atoms with Crippen LogP contribution >= 0.6 is 24.0 Å². The van der Waals surface area contributed by atoms with Crippen LogP contribution in [0.15, 0.2) is 29.3 Å². The summed E-state index contributed by atoms with van der Waals surface area (Å²) in [7, 11) is 1.71. The number of ether oxygens (including phenoxy) is 1. The Morgan fingerprint density at radius 1 is 1.19 bits per heavy atom. The van der Waals surface area contributed by atoms with Crippen LogP contribution in [-0.2, 0) is 17.9 Å². The summed E-state index contributed by atoms with van der Waals surface area (Å²) >= 11 is 0. The first-order chi connectivity index (χ1) is 9.46. The molecule has 120 valence electrons. The highest BCUT2D eigenvalue weighted by Gasteiger charge is 2.11. The van der Waals surface area contributed by atoms with E-state index in [0.717, 1.165) is 12.5 Å². The maximum Gasteiger partial charge on any atom is 0.191 e. The van der Waals surface area contributed by atoms with E-state index >= 15 is 0 Å². The lowest BCUT2D eigenvalue weighted by Crippen LogP contribution is -2.47. The topological polar surface area (TPSA) is 45.7 Å². The molecule has 0 aliphatic rings. The molecular formula is C16H28IN3O. The van der Waals surface area contributed by atoms with E-state index < -0.39 is 0 Å². The molecule has 4 nitrogen and oxygen atoms in total. The fraction of sp³-hybridized carbons (Fsp3) is 0.562. The lowest BCUT2D eigenvalue weighted by atomic mass is 10.1. The van der Waals surface area contributed by atoms with Crippen LogP contribution in [0.25, 0.3) is 0 Å². The Balaban J connectivity index is 0.00000400. The van der Waals surface area contributed by atoms with E-state index in [4.69, 9.17) is 4.74 Å². The number of benzene rings is 1. The zero-order valence-electron chi connectivity index (χ0n) is 13.7. The van der Waals surface area contributed by atoms with Crippen LogP contribution in [0.4, 0.5) is 0 Å². The van der Waals surface area contributed by atoms with Crippen molar-refractivity contribution in [3.05, 3.63) is 35.4 Å². The van der Waals surface area contributed by atoms with E-state index in [1.165, 1.54) is 11.1 Å². The summed E-state index contributed by atoms with van der Waals surface area (Å²) in [4.78, 5) is 4.65. The van der Waals surface area contributed by atoms with Crippen LogP contribution in [0, 0.1) is 0 Å². The minimum absolute atomic E-state index is 0. The first kappa shape index (κ1) is 20.2. The number of halogens is 1. The second-order valence-electron chi connectivity index (χ2n) is 5.77. The summed E-state index contributed by atoms with van der Waals surface area (Å²) in [5.41, 5.74) is 2.37. The Bertz CT molecular complexity index is 441. The lowest BCUT2D eigenvalue weighted by Gasteiger charge is -2.23. The van der Waals surface area contributed by atoms with E-state index in [1.54, 1.807) is 7.11 Å². The van der Waals surface area contributed by atoms with Crippen molar-refractivity contribution in [3.63, 3.8) is 0 Å². The minimum atomic E-state index is -0.00689. The first-order valence-electron chi connectivity index (χ1n) is 7.08. The van der Waals surface area contributed by atoms with Gasteiger partial charge in [-0.25, -0.2) is 4.99 Å². The SMILES string of the molecule is CCNC(=NCc1ccccc1COC)NC(C)(C)C.I. The Morgan fingerprint density at radius 3 is 2.33 bits per heavy atom. The molecule has 1 aromatic carbocycles. The van der Waals surface area contributed by atoms with Gasteiger partial charge in [-0.15, -0.1) is 24.0 Å². The number of aliphatic imine (C=N–C) groups is 1. The maximum atomic E-state index is 5.22. The Morgan fingerprint density at radius 2 is 1.81 bits per heavy atom. The smallest absolute Gasteiger partial charge is 0.191 e. The summed E-state index contributed by atoms with van der Waals surface area (Å²) in [6.07, 6.45) is 0. The highest BCUT2D eigenvalue weighted by Crippen LogP contribution is 2.11. The van der Waals surface area contributed by atoms with E-state index in [-0.39, 0.29) is 29.5 Å². The third-order valence-electron chi connectivity index (χ3n) is 2.66. The van der Waals surface area contributed by atoms with Crippen LogP contribution in [0.3, 0.4) is 0 Å². The van der Waals surface area contributed by atoms with Crippen molar-refractivity contribution in [3.8, 4) is 0 Å². The molecule has 0 aromatic heterocycles. The quantitative estimate of drug-likeness (QED) is 0.449. The van der Waals surface area contributed by atoms with Gasteiger partial charge in [-0.2, -0.15) is 0 Å². The summed E-state index contributed by atoms with van der Waals surface area (Å²) in [5.74, 6) is 0.840. The molecule has 0 fully saturated rings. The normalized spacial score (nSPS) is 11.8. The standard InChI is InChI=1S/C16H27N3O.HI/c1-6-17-15(19-16(2,3)4)18-11-13-9-7-8-10-14(13)12-20-5;/h7-10H,6,11-12H2,1-5H3,(H2,17,18,19);1H. The molecule has 0 bridgehead atoms. The largest absolute Gasteiger partial charge is 0.380 e. The van der Waals surface area contributed by atoms with Gasteiger partial charge in [0.2, 0.25) is 0 Å². The van der Waals surface area contributed by atoms with Crippen LogP contribution in [-0.4, -0.2) is 25.2 Å². The van der Waals surface area contributed by atoms with E-state index in [0.29, 0.717) is 13.2 Å². The Hall–Kier alpha value is -0.820. The number of guanidine groups is 1. The summed E-state index contributed by atoms with van der Waals surface area (Å²) < 4.78 is 5.22. The Labute approximate surface area is 145 Å². The fourth-order valence-corrected chi connectivity index (χ4v) is 1.83. The molecule has 0 aliphatic carbocycles. The van der Waals surface area contributed by atoms with Gasteiger partial charge in [-0.1, -0.05) is 24.3 Å². The molecule has 0 spiro atoms. The monoisotopic (exact) mass is 405 g/mol. The maximum absolute atomic E-state index is 5.22. The molecule has 21 heavy (non-hydrogen) atoms. The van der Waals surface area contributed by atoms with Gasteiger partial charge < -0.3 is 15.4 Å². The summed E-state index contributed by atoms with van der Waals surface area (Å²) in [6, 6.07) is 8.24. The summed E-state index contributed by atoms with van der Waals surface area (Å²) in [6.45, 7) is 10.6. The van der Waals surface area contributed by atoms with Crippen molar-refractivity contribution in [1.82, 2.24) is 10.6 Å². The van der Waals surface area contributed by atoms with Crippen molar-refractivity contribution in [2.24, 2.45) is 4.99 Å². The molecule has 0 radical (unpaired) electrons. The molecule has 0 saturated heterocycles. The molecule has 0 atom stereocenters. The van der Waals surface area contributed by atoms with E-state index in [9.17, 15) is 0 Å². The summed E-state index contributed by atoms with van der Waals surface area (Å²) in [5, 5.41) is 6.65. The van der Waals surface area contributed by atoms with Crippen molar-refractivity contribution in [1.29, 1.82) is 0 Å². The van der Waals surface area contributed by atoms with Gasteiger partial charge >= 0.3 is 0 Å². The van der Waals surface area contributed by atoms with Gasteiger partial charge in [0, 0.05) is 19.2 Å². The Kier molecular flexibility index (Phi) is 9.61. The predicted molar refractivity (Wildman–Crippen MR) is 100 cm³/mol. The van der Waals surface area contributed by atoms with Crippen molar-refractivity contribution in [2.45, 2.75) is 46.4 Å². The molecule has 0 aliphatic heterocycles. The predicted octanol–water partition coefficient (Wildman–Crippen LogP) is 3.30. The van der Waals surface area contributed by atoms with Gasteiger partial charge in [0.25, 0.3) is 0 Å². The van der Waals surface area contributed by atoms with Gasteiger partial charge in [-0.3, -0.25) is 0 Å². The van der Waals surface area contributed by atoms with E-state index in [1.807, 2.05) is 12.1 Å². The third-order valence-corrected chi connectivity index (χ3v) is 2.66. The third kappa shape index (κ3) is 8.26. The van der Waals surface area contributed by atoms with Crippen molar-refractivity contribution >= 4 is 29.9 Å². The molecule has 1 aromatic rings. The average molecular weight is 405 g/mol.